The van der Waals surface area contributed by atoms with Crippen LogP contribution in [0.2, 0.25) is 0 Å². The van der Waals surface area contributed by atoms with Gasteiger partial charge in [0.15, 0.2) is 5.78 Å². The van der Waals surface area contributed by atoms with Gasteiger partial charge in [0, 0.05) is 0 Å². The van der Waals surface area contributed by atoms with Crippen molar-refractivity contribution >= 4 is 28.8 Å². The number of nitrogens with one attached hydrogen (secondary N) is 1. The quantitative estimate of drug-likeness (QED) is 0.429. The third kappa shape index (κ3) is 0.626. The maximum Gasteiger partial charge on any atom is 0.266 e. The van der Waals surface area contributed by atoms with Gasteiger partial charge >= 0.3 is 0 Å². The molecule has 0 spiro atoms. The van der Waals surface area contributed by atoms with E-state index in [9.17, 15) is 9.59 Å². The van der Waals surface area contributed by atoms with Crippen LogP contribution in [0.4, 0.5) is 0 Å². The fraction of sp³-hybridized carbons (Fsp3) is 0.250. The Labute approximate surface area is 51.1 Å². The molecule has 0 aromatic heterocycles. The summed E-state index contributed by atoms with van der Waals surface area (Å²) in [5.41, 5.74) is 0. The SMILES string of the molecule is O=C1CNC(=O)C1=S. The summed E-state index contributed by atoms with van der Waals surface area (Å²) >= 11 is 4.40. The minimum absolute atomic E-state index is 0.0810. The zero-order valence-electron chi connectivity index (χ0n) is 3.93. The van der Waals surface area contributed by atoms with Crippen LogP contribution in [-0.4, -0.2) is 23.1 Å². The molecule has 8 heavy (non-hydrogen) atoms. The first kappa shape index (κ1) is 5.37. The Bertz CT molecular complexity index is 157. The normalized spacial score (nSPS) is 19.2. The molecule has 1 amide bonds. The lowest BCUT2D eigenvalue weighted by Gasteiger charge is -1.78. The molecule has 0 bridgehead atoms. The molecule has 1 aliphatic heterocycles. The van der Waals surface area contributed by atoms with Crippen LogP contribution in [0.1, 0.15) is 0 Å². The fourth-order valence-corrected chi connectivity index (χ4v) is 0.592. The maximum atomic E-state index is 10.4. The summed E-state index contributed by atoms with van der Waals surface area (Å²) in [7, 11) is 0. The average molecular weight is 129 g/mol. The van der Waals surface area contributed by atoms with Gasteiger partial charge in [-0.1, -0.05) is 12.2 Å². The number of rotatable bonds is 0. The number of hydrogen-bond acceptors (Lipinski definition) is 3. The molecule has 0 radical (unpaired) electrons. The van der Waals surface area contributed by atoms with Crippen molar-refractivity contribution in [3.63, 3.8) is 0 Å². The molecule has 0 aromatic rings. The van der Waals surface area contributed by atoms with Crippen molar-refractivity contribution in [2.24, 2.45) is 0 Å². The second kappa shape index (κ2) is 1.63. The Kier molecular flexibility index (Phi) is 1.09. The predicted molar refractivity (Wildman–Crippen MR) is 30.6 cm³/mol. The van der Waals surface area contributed by atoms with E-state index < -0.39 is 5.91 Å². The number of carbonyl (C=O) groups excluding carboxylic acids is 2. The maximum absolute atomic E-state index is 10.4. The van der Waals surface area contributed by atoms with E-state index in [0.717, 1.165) is 0 Å². The lowest BCUT2D eigenvalue weighted by atomic mass is 10.3. The number of Topliss-reactive ketones (excluding diaryl/α,β-unsaturated/α-hetero) is 1. The van der Waals surface area contributed by atoms with Gasteiger partial charge in [-0.2, -0.15) is 0 Å². The Morgan fingerprint density at radius 2 is 2.12 bits per heavy atom. The monoisotopic (exact) mass is 129 g/mol. The van der Waals surface area contributed by atoms with Crippen molar-refractivity contribution in [1.29, 1.82) is 0 Å². The fourth-order valence-electron chi connectivity index (χ4n) is 0.448. The van der Waals surface area contributed by atoms with E-state index in [2.05, 4.69) is 17.5 Å². The van der Waals surface area contributed by atoms with E-state index in [0.29, 0.717) is 0 Å². The van der Waals surface area contributed by atoms with Crippen LogP contribution in [0.3, 0.4) is 0 Å². The topological polar surface area (TPSA) is 46.2 Å². The molecule has 3 nitrogen and oxygen atoms in total. The summed E-state index contributed by atoms with van der Waals surface area (Å²) in [4.78, 5) is 20.6. The minimum Gasteiger partial charge on any atom is -0.344 e. The lowest BCUT2D eigenvalue weighted by molar-refractivity contribution is -0.113. The standard InChI is InChI=1S/C4H3NO2S/c6-2-1-5-4(7)3(2)8/h1H2,(H,5,7). The Morgan fingerprint density at radius 1 is 1.50 bits per heavy atom. The first-order chi connectivity index (χ1) is 3.72. The van der Waals surface area contributed by atoms with Crippen molar-refractivity contribution < 1.29 is 9.59 Å². The van der Waals surface area contributed by atoms with Crippen molar-refractivity contribution in [3.05, 3.63) is 0 Å². The zero-order valence-corrected chi connectivity index (χ0v) is 4.75. The van der Waals surface area contributed by atoms with Gasteiger partial charge in [-0.25, -0.2) is 0 Å². The van der Waals surface area contributed by atoms with Gasteiger partial charge in [0.2, 0.25) is 0 Å². The first-order valence-corrected chi connectivity index (χ1v) is 2.48. The smallest absolute Gasteiger partial charge is 0.266 e. The van der Waals surface area contributed by atoms with Crippen LogP contribution in [0.5, 0.6) is 0 Å². The molecule has 0 unspecified atom stereocenters. The van der Waals surface area contributed by atoms with Crippen LogP contribution in [0.15, 0.2) is 0 Å². The highest BCUT2D eigenvalue weighted by Gasteiger charge is 2.24. The van der Waals surface area contributed by atoms with Crippen molar-refractivity contribution in [2.75, 3.05) is 6.54 Å². The highest BCUT2D eigenvalue weighted by Crippen LogP contribution is 1.88. The Balaban J connectivity index is 2.86. The van der Waals surface area contributed by atoms with Gasteiger partial charge in [-0.3, -0.25) is 9.59 Å². The summed E-state index contributed by atoms with van der Waals surface area (Å²) in [6.45, 7) is 0.0810. The number of amides is 1. The molecule has 1 fully saturated rings. The van der Waals surface area contributed by atoms with Crippen molar-refractivity contribution in [2.45, 2.75) is 0 Å². The van der Waals surface area contributed by atoms with E-state index in [1.54, 1.807) is 0 Å². The highest BCUT2D eigenvalue weighted by molar-refractivity contribution is 7.84. The van der Waals surface area contributed by atoms with Gasteiger partial charge in [-0.05, 0) is 0 Å². The second-order valence-electron chi connectivity index (χ2n) is 1.43. The van der Waals surface area contributed by atoms with E-state index in [4.69, 9.17) is 0 Å². The first-order valence-electron chi connectivity index (χ1n) is 2.07. The van der Waals surface area contributed by atoms with Crippen LogP contribution in [-0.2, 0) is 9.59 Å². The molecule has 0 aromatic carbocycles. The lowest BCUT2D eigenvalue weighted by Crippen LogP contribution is -2.17. The van der Waals surface area contributed by atoms with E-state index in [1.165, 1.54) is 0 Å². The van der Waals surface area contributed by atoms with Crippen LogP contribution >= 0.6 is 12.2 Å². The van der Waals surface area contributed by atoms with Crippen LogP contribution in [0, 0.1) is 0 Å². The predicted octanol–water partition coefficient (Wildman–Crippen LogP) is -0.945. The summed E-state index contributed by atoms with van der Waals surface area (Å²) in [5.74, 6) is -0.685. The van der Waals surface area contributed by atoms with E-state index in [-0.39, 0.29) is 17.2 Å². The van der Waals surface area contributed by atoms with Crippen LogP contribution in [0.25, 0.3) is 0 Å². The highest BCUT2D eigenvalue weighted by atomic mass is 32.1. The Morgan fingerprint density at radius 3 is 2.25 bits per heavy atom. The number of hydrogen-bond donors (Lipinski definition) is 1. The largest absolute Gasteiger partial charge is 0.344 e. The number of thiocarbonyl (C=S) groups is 1. The molecule has 0 saturated carbocycles. The Hall–Kier alpha value is -0.770. The van der Waals surface area contributed by atoms with Crippen LogP contribution < -0.4 is 5.32 Å². The minimum atomic E-state index is -0.412. The van der Waals surface area contributed by atoms with E-state index in [1.807, 2.05) is 0 Å². The third-order valence-electron chi connectivity index (χ3n) is 0.869. The van der Waals surface area contributed by atoms with Crippen molar-refractivity contribution in [3.8, 4) is 0 Å². The summed E-state index contributed by atoms with van der Waals surface area (Å²) in [6.07, 6.45) is 0. The second-order valence-corrected chi connectivity index (χ2v) is 1.84. The molecule has 0 aliphatic carbocycles. The molecule has 1 saturated heterocycles. The molecule has 1 aliphatic rings. The zero-order chi connectivity index (χ0) is 6.15. The average Bonchev–Trinajstić information content (AvgIpc) is 1.98. The summed E-state index contributed by atoms with van der Waals surface area (Å²) in [6, 6.07) is 0. The van der Waals surface area contributed by atoms with E-state index >= 15 is 0 Å². The molecule has 1 heterocycles. The molecular formula is C4H3NO2S. The molecule has 0 atom stereocenters. The summed E-state index contributed by atoms with van der Waals surface area (Å²) in [5, 5.41) is 2.29. The third-order valence-corrected chi connectivity index (χ3v) is 1.28. The van der Waals surface area contributed by atoms with Crippen molar-refractivity contribution in [1.82, 2.24) is 5.32 Å². The molecule has 4 heteroatoms. The van der Waals surface area contributed by atoms with Gasteiger partial charge in [0.1, 0.15) is 4.86 Å². The van der Waals surface area contributed by atoms with Gasteiger partial charge in [0.25, 0.3) is 5.91 Å². The van der Waals surface area contributed by atoms with Gasteiger partial charge in [-0.15, -0.1) is 0 Å². The van der Waals surface area contributed by atoms with Gasteiger partial charge < -0.3 is 5.32 Å². The van der Waals surface area contributed by atoms with Gasteiger partial charge in [0.05, 0.1) is 6.54 Å². The molecule has 42 valence electrons. The summed E-state index contributed by atoms with van der Waals surface area (Å²) < 4.78 is 0. The number of carbonyl (C=O) groups is 2. The molecular weight excluding hydrogens is 126 g/mol. The number of ketones is 1. The molecule has 1 rings (SSSR count). The molecule has 1 N–H and O–H groups in total.